The first kappa shape index (κ1) is 29.6. The first-order valence-corrected chi connectivity index (χ1v) is 13.9. The van der Waals surface area contributed by atoms with Gasteiger partial charge in [0, 0.05) is 36.3 Å². The number of pyridine rings is 1. The van der Waals surface area contributed by atoms with Gasteiger partial charge in [-0.1, -0.05) is 19.1 Å². The first-order chi connectivity index (χ1) is 19.5. The van der Waals surface area contributed by atoms with E-state index in [1.165, 1.54) is 4.68 Å². The van der Waals surface area contributed by atoms with Gasteiger partial charge in [0.2, 0.25) is 0 Å². The van der Waals surface area contributed by atoms with E-state index >= 15 is 0 Å². The number of anilines is 1. The third kappa shape index (κ3) is 7.03. The van der Waals surface area contributed by atoms with Gasteiger partial charge in [0.15, 0.2) is 5.69 Å². The van der Waals surface area contributed by atoms with Crippen LogP contribution in [0, 0.1) is 0 Å². The monoisotopic (exact) mass is 562 g/mol. The second kappa shape index (κ2) is 12.4. The lowest BCUT2D eigenvalue weighted by molar-refractivity contribution is 0.0194. The molecule has 218 valence electrons. The third-order valence-corrected chi connectivity index (χ3v) is 6.74. The number of carbonyl (C=O) groups excluding carboxylic acids is 3. The fourth-order valence-corrected chi connectivity index (χ4v) is 4.74. The number of carbonyl (C=O) groups is 3. The highest BCUT2D eigenvalue weighted by Gasteiger charge is 2.33. The summed E-state index contributed by atoms with van der Waals surface area (Å²) in [5.41, 5.74) is 1.93. The van der Waals surface area contributed by atoms with Crippen molar-refractivity contribution in [1.29, 1.82) is 0 Å². The molecule has 1 saturated heterocycles. The molecular weight excluding hydrogens is 524 g/mol. The number of benzene rings is 1. The minimum Gasteiger partial charge on any atom is -0.461 e. The molecule has 0 spiro atoms. The minimum absolute atomic E-state index is 0.106. The van der Waals surface area contributed by atoms with E-state index in [4.69, 9.17) is 20.3 Å². The molecule has 41 heavy (non-hydrogen) atoms. The van der Waals surface area contributed by atoms with E-state index < -0.39 is 17.7 Å². The number of imidazole rings is 1. The summed E-state index contributed by atoms with van der Waals surface area (Å²) in [6.45, 7) is 10.3. The lowest BCUT2D eigenvalue weighted by Crippen LogP contribution is -2.43. The van der Waals surface area contributed by atoms with Gasteiger partial charge in [-0.2, -0.15) is 0 Å². The van der Waals surface area contributed by atoms with Crippen molar-refractivity contribution in [2.24, 2.45) is 0 Å². The Bertz CT molecular complexity index is 1410. The van der Waals surface area contributed by atoms with Crippen LogP contribution in [0.4, 0.5) is 10.6 Å². The van der Waals surface area contributed by atoms with Gasteiger partial charge in [-0.25, -0.2) is 24.2 Å². The topological polar surface area (TPSA) is 142 Å². The normalized spacial score (nSPS) is 15.3. The molecule has 1 aliphatic rings. The number of hydrogen-bond acceptors (Lipinski definition) is 8. The number of esters is 1. The largest absolute Gasteiger partial charge is 0.461 e. The molecule has 11 heteroatoms. The van der Waals surface area contributed by atoms with Crippen LogP contribution in [0.25, 0.3) is 11.3 Å². The van der Waals surface area contributed by atoms with Crippen molar-refractivity contribution in [1.82, 2.24) is 19.5 Å². The molecule has 2 amide bonds. The average Bonchev–Trinajstić information content (AvgIpc) is 3.29. The van der Waals surface area contributed by atoms with Crippen LogP contribution < -0.4 is 11.2 Å². The van der Waals surface area contributed by atoms with Crippen molar-refractivity contribution in [2.75, 3.05) is 30.9 Å². The number of amides is 2. The number of aryl methyl sites for hydroxylation is 1. The zero-order valence-corrected chi connectivity index (χ0v) is 24.3. The Morgan fingerprint density at radius 3 is 2.51 bits per heavy atom. The zero-order chi connectivity index (χ0) is 29.7. The van der Waals surface area contributed by atoms with Crippen LogP contribution in [-0.4, -0.2) is 62.8 Å². The van der Waals surface area contributed by atoms with Crippen LogP contribution in [0.15, 0.2) is 42.6 Å². The maximum atomic E-state index is 13.0. The minimum atomic E-state index is -0.611. The van der Waals surface area contributed by atoms with E-state index in [1.807, 2.05) is 39.8 Å². The maximum Gasteiger partial charge on any atom is 0.410 e. The first-order valence-electron chi connectivity index (χ1n) is 13.9. The van der Waals surface area contributed by atoms with Crippen LogP contribution in [0.5, 0.6) is 0 Å². The lowest BCUT2D eigenvalue weighted by Gasteiger charge is -2.33. The molecule has 0 saturated carbocycles. The number of nitrogens with zero attached hydrogens (tertiary/aromatic N) is 4. The van der Waals surface area contributed by atoms with Gasteiger partial charge in [-0.3, -0.25) is 4.79 Å². The van der Waals surface area contributed by atoms with Gasteiger partial charge in [0.25, 0.3) is 5.91 Å². The molecule has 0 radical (unpaired) electrons. The van der Waals surface area contributed by atoms with Crippen molar-refractivity contribution in [3.63, 3.8) is 0 Å². The molecule has 0 aliphatic carbocycles. The number of likely N-dealkylation sites (tertiary alicyclic amines) is 1. The third-order valence-electron chi connectivity index (χ3n) is 6.74. The molecule has 1 fully saturated rings. The van der Waals surface area contributed by atoms with Gasteiger partial charge in [-0.15, -0.1) is 0 Å². The quantitative estimate of drug-likeness (QED) is 0.310. The molecular formula is C30H38N6O5. The number of aromatic nitrogens is 3. The summed E-state index contributed by atoms with van der Waals surface area (Å²) >= 11 is 0. The molecule has 3 heterocycles. The molecule has 11 nitrogen and oxygen atoms in total. The second-order valence-electron chi connectivity index (χ2n) is 11.0. The number of nitrogens with one attached hydrogen (secondary N) is 1. The number of nitrogens with two attached hydrogens (primary N) is 1. The predicted molar refractivity (Wildman–Crippen MR) is 155 cm³/mol. The van der Waals surface area contributed by atoms with E-state index in [0.29, 0.717) is 41.6 Å². The smallest absolute Gasteiger partial charge is 0.410 e. The average molecular weight is 563 g/mol. The van der Waals surface area contributed by atoms with Crippen molar-refractivity contribution in [2.45, 2.75) is 65.4 Å². The van der Waals surface area contributed by atoms with E-state index in [1.54, 1.807) is 42.3 Å². The van der Waals surface area contributed by atoms with Gasteiger partial charge in [-0.05, 0) is 76.8 Å². The van der Waals surface area contributed by atoms with Gasteiger partial charge in [0.05, 0.1) is 6.61 Å². The Balaban J connectivity index is 1.60. The van der Waals surface area contributed by atoms with Crippen LogP contribution in [0.3, 0.4) is 0 Å². The maximum absolute atomic E-state index is 13.0. The number of nitrogen functional groups attached to an aromatic ring is 1. The molecule has 3 aromatic rings. The predicted octanol–water partition coefficient (Wildman–Crippen LogP) is 4.76. The van der Waals surface area contributed by atoms with Crippen molar-refractivity contribution in [3.05, 3.63) is 65.2 Å². The highest BCUT2D eigenvalue weighted by Crippen LogP contribution is 2.32. The zero-order valence-electron chi connectivity index (χ0n) is 24.3. The second-order valence-corrected chi connectivity index (χ2v) is 11.0. The molecule has 2 aromatic heterocycles. The fraction of sp³-hybridized carbons (Fsp3) is 0.433. The molecule has 0 bridgehead atoms. The lowest BCUT2D eigenvalue weighted by atomic mass is 9.97. The number of piperidine rings is 1. The van der Waals surface area contributed by atoms with E-state index in [2.05, 4.69) is 10.3 Å². The highest BCUT2D eigenvalue weighted by atomic mass is 16.6. The standard InChI is InChI=1S/C30H38N6O5/c1-6-19-14-15-32-23(17-19)33-27(37)21-12-10-20(11-13-21)24-25(28(38)40-7-2)36(31)26(34-24)22-9-8-16-35(18-22)29(39)41-30(3,4)5/h10-15,17,22H,6-9,16,18,31H2,1-5H3,(H,32,33,37)/t22-/m1/s1. The van der Waals surface area contributed by atoms with Crippen LogP contribution in [-0.2, 0) is 15.9 Å². The number of ether oxygens (including phenoxy) is 2. The molecule has 1 aliphatic heterocycles. The van der Waals surface area contributed by atoms with Crippen LogP contribution in [0.2, 0.25) is 0 Å². The molecule has 1 aromatic carbocycles. The molecule has 4 rings (SSSR count). The highest BCUT2D eigenvalue weighted by molar-refractivity contribution is 6.04. The Morgan fingerprint density at radius 2 is 1.85 bits per heavy atom. The molecule has 0 unspecified atom stereocenters. The summed E-state index contributed by atoms with van der Waals surface area (Å²) in [4.78, 5) is 49.2. The van der Waals surface area contributed by atoms with Gasteiger partial charge < -0.3 is 25.5 Å². The molecule has 3 N–H and O–H groups in total. The Morgan fingerprint density at radius 1 is 1.12 bits per heavy atom. The van der Waals surface area contributed by atoms with Crippen LogP contribution in [0.1, 0.15) is 85.6 Å². The van der Waals surface area contributed by atoms with Crippen molar-refractivity contribution in [3.8, 4) is 11.3 Å². The van der Waals surface area contributed by atoms with Crippen molar-refractivity contribution >= 4 is 23.8 Å². The fourth-order valence-electron chi connectivity index (χ4n) is 4.74. The molecule has 1 atom stereocenters. The number of hydrogen-bond donors (Lipinski definition) is 2. The summed E-state index contributed by atoms with van der Waals surface area (Å²) in [5, 5.41) is 2.82. The van der Waals surface area contributed by atoms with E-state index in [9.17, 15) is 14.4 Å². The van der Waals surface area contributed by atoms with E-state index in [0.717, 1.165) is 24.8 Å². The Hall–Kier alpha value is -4.41. The van der Waals surface area contributed by atoms with Gasteiger partial charge in [0.1, 0.15) is 22.9 Å². The van der Waals surface area contributed by atoms with Gasteiger partial charge >= 0.3 is 12.1 Å². The summed E-state index contributed by atoms with van der Waals surface area (Å²) in [6.07, 6.45) is 3.57. The van der Waals surface area contributed by atoms with Crippen molar-refractivity contribution < 1.29 is 23.9 Å². The summed E-state index contributed by atoms with van der Waals surface area (Å²) in [7, 11) is 0. The Kier molecular flexibility index (Phi) is 8.95. The van der Waals surface area contributed by atoms with E-state index in [-0.39, 0.29) is 24.1 Å². The summed E-state index contributed by atoms with van der Waals surface area (Å²) in [5.74, 6) is 6.29. The summed E-state index contributed by atoms with van der Waals surface area (Å²) in [6, 6.07) is 10.5. The Labute approximate surface area is 240 Å². The van der Waals surface area contributed by atoms with Crippen LogP contribution >= 0.6 is 0 Å². The summed E-state index contributed by atoms with van der Waals surface area (Å²) < 4.78 is 12.1. The number of rotatable bonds is 7. The SMILES string of the molecule is CCOC(=O)c1c(-c2ccc(C(=O)Nc3cc(CC)ccn3)cc2)nc([C@@H]2CCCN(C(=O)OC(C)(C)C)C2)n1N.